The molecule has 2 nitrogen and oxygen atoms in total. The Morgan fingerprint density at radius 3 is 2.89 bits per heavy atom. The molecule has 1 fully saturated rings. The fraction of sp³-hybridized carbons (Fsp3) is 0.857. The minimum Gasteiger partial charge on any atom is -0.353 e. The van der Waals surface area contributed by atoms with Gasteiger partial charge in [0.25, 0.3) is 0 Å². The molecule has 2 heteroatoms. The molecule has 1 atom stereocenters. The monoisotopic (exact) mass is 127 g/mol. The van der Waals surface area contributed by atoms with Crippen LogP contribution in [-0.4, -0.2) is 11.9 Å². The lowest BCUT2D eigenvalue weighted by Crippen LogP contribution is -2.48. The Labute approximate surface area is 55.6 Å². The zero-order valence-corrected chi connectivity index (χ0v) is 5.81. The van der Waals surface area contributed by atoms with Crippen LogP contribution in [0.25, 0.3) is 0 Å². The summed E-state index contributed by atoms with van der Waals surface area (Å²) in [5, 5.41) is 2.84. The molecule has 0 aromatic rings. The molecule has 0 saturated carbocycles. The molecule has 0 aromatic carbocycles. The molecule has 1 heterocycles. The van der Waals surface area contributed by atoms with Crippen LogP contribution < -0.4 is 5.32 Å². The Kier molecular flexibility index (Phi) is 2.09. The van der Waals surface area contributed by atoms with Gasteiger partial charge in [-0.2, -0.15) is 0 Å². The number of unbranched alkanes of at least 4 members (excludes halogenated alkanes) is 1. The van der Waals surface area contributed by atoms with E-state index >= 15 is 0 Å². The van der Waals surface area contributed by atoms with Gasteiger partial charge >= 0.3 is 0 Å². The van der Waals surface area contributed by atoms with Crippen LogP contribution >= 0.6 is 0 Å². The maximum Gasteiger partial charge on any atom is 0.222 e. The van der Waals surface area contributed by atoms with Gasteiger partial charge < -0.3 is 5.32 Å². The van der Waals surface area contributed by atoms with Gasteiger partial charge in [0.05, 0.1) is 0 Å². The third-order valence-electron chi connectivity index (χ3n) is 1.70. The molecular weight excluding hydrogens is 114 g/mol. The van der Waals surface area contributed by atoms with Crippen molar-refractivity contribution >= 4 is 5.91 Å². The minimum atomic E-state index is 0.219. The zero-order chi connectivity index (χ0) is 6.69. The van der Waals surface area contributed by atoms with Crippen LogP contribution in [0.5, 0.6) is 0 Å². The van der Waals surface area contributed by atoms with Crippen molar-refractivity contribution in [3.05, 3.63) is 0 Å². The number of nitrogens with one attached hydrogen (secondary N) is 1. The van der Waals surface area contributed by atoms with Crippen molar-refractivity contribution in [2.24, 2.45) is 0 Å². The number of amides is 1. The molecule has 1 saturated heterocycles. The van der Waals surface area contributed by atoms with Gasteiger partial charge in [0.1, 0.15) is 0 Å². The molecule has 0 spiro atoms. The van der Waals surface area contributed by atoms with Crippen LogP contribution in [0.2, 0.25) is 0 Å². The van der Waals surface area contributed by atoms with E-state index < -0.39 is 0 Å². The summed E-state index contributed by atoms with van der Waals surface area (Å²) in [4.78, 5) is 10.4. The highest BCUT2D eigenvalue weighted by molar-refractivity contribution is 5.82. The van der Waals surface area contributed by atoms with Gasteiger partial charge in [-0.1, -0.05) is 19.8 Å². The molecule has 0 unspecified atom stereocenters. The van der Waals surface area contributed by atoms with E-state index in [9.17, 15) is 4.79 Å². The normalized spacial score (nSPS) is 25.0. The van der Waals surface area contributed by atoms with Crippen LogP contribution in [0.4, 0.5) is 0 Å². The van der Waals surface area contributed by atoms with Gasteiger partial charge in [0, 0.05) is 12.5 Å². The molecule has 0 radical (unpaired) electrons. The topological polar surface area (TPSA) is 29.1 Å². The summed E-state index contributed by atoms with van der Waals surface area (Å²) in [6.07, 6.45) is 4.40. The first-order valence-corrected chi connectivity index (χ1v) is 3.62. The average Bonchev–Trinajstić information content (AvgIpc) is 1.78. The van der Waals surface area contributed by atoms with E-state index in [2.05, 4.69) is 12.2 Å². The Morgan fingerprint density at radius 1 is 1.78 bits per heavy atom. The van der Waals surface area contributed by atoms with Gasteiger partial charge in [-0.05, 0) is 6.42 Å². The molecule has 1 aliphatic rings. The van der Waals surface area contributed by atoms with Crippen molar-refractivity contribution in [2.75, 3.05) is 0 Å². The third kappa shape index (κ3) is 1.70. The molecule has 1 aliphatic heterocycles. The molecule has 9 heavy (non-hydrogen) atoms. The van der Waals surface area contributed by atoms with Gasteiger partial charge in [-0.3, -0.25) is 4.79 Å². The van der Waals surface area contributed by atoms with Crippen LogP contribution in [0.3, 0.4) is 0 Å². The standard InChI is InChI=1S/C7H13NO/c1-2-3-4-6-5-7(9)8-6/h6H,2-5H2,1H3,(H,8,9)/t6-/m0/s1. The molecule has 52 valence electrons. The lowest BCUT2D eigenvalue weighted by Gasteiger charge is -2.26. The number of carbonyl (C=O) groups excluding carboxylic acids is 1. The number of β-lactam (4-membered cyclic amide) rings is 1. The summed E-state index contributed by atoms with van der Waals surface area (Å²) in [5.74, 6) is 0.219. The predicted octanol–water partition coefficient (Wildman–Crippen LogP) is 1.07. The second-order valence-corrected chi connectivity index (χ2v) is 2.61. The van der Waals surface area contributed by atoms with E-state index in [1.807, 2.05) is 0 Å². The Morgan fingerprint density at radius 2 is 2.44 bits per heavy atom. The summed E-state index contributed by atoms with van der Waals surface area (Å²) in [6, 6.07) is 0.512. The average molecular weight is 127 g/mol. The fourth-order valence-electron chi connectivity index (χ4n) is 1.06. The number of carbonyl (C=O) groups is 1. The summed E-state index contributed by atoms with van der Waals surface area (Å²) in [5.41, 5.74) is 0. The van der Waals surface area contributed by atoms with Gasteiger partial charge in [0.2, 0.25) is 5.91 Å². The van der Waals surface area contributed by atoms with Crippen molar-refractivity contribution in [1.82, 2.24) is 5.32 Å². The van der Waals surface area contributed by atoms with Crippen LogP contribution in [0, 0.1) is 0 Å². The van der Waals surface area contributed by atoms with Gasteiger partial charge in [0.15, 0.2) is 0 Å². The van der Waals surface area contributed by atoms with Crippen molar-refractivity contribution in [3.8, 4) is 0 Å². The first-order valence-electron chi connectivity index (χ1n) is 3.62. The minimum absolute atomic E-state index is 0.219. The van der Waals surface area contributed by atoms with Crippen LogP contribution in [0.15, 0.2) is 0 Å². The lowest BCUT2D eigenvalue weighted by molar-refractivity contribution is -0.128. The van der Waals surface area contributed by atoms with E-state index in [1.165, 1.54) is 19.3 Å². The summed E-state index contributed by atoms with van der Waals surface area (Å²) < 4.78 is 0. The second kappa shape index (κ2) is 2.85. The highest BCUT2D eigenvalue weighted by Crippen LogP contribution is 2.11. The second-order valence-electron chi connectivity index (χ2n) is 2.61. The largest absolute Gasteiger partial charge is 0.353 e. The molecule has 1 N–H and O–H groups in total. The van der Waals surface area contributed by atoms with E-state index in [0.717, 1.165) is 6.42 Å². The summed E-state index contributed by atoms with van der Waals surface area (Å²) in [6.45, 7) is 2.17. The van der Waals surface area contributed by atoms with Crippen molar-refractivity contribution in [2.45, 2.75) is 38.6 Å². The summed E-state index contributed by atoms with van der Waals surface area (Å²) >= 11 is 0. The molecule has 1 amide bonds. The van der Waals surface area contributed by atoms with E-state index in [0.29, 0.717) is 6.04 Å². The Bertz CT molecular complexity index is 103. The predicted molar refractivity (Wildman–Crippen MR) is 36.1 cm³/mol. The molecule has 0 aliphatic carbocycles. The molecule has 1 rings (SSSR count). The molecular formula is C7H13NO. The first-order chi connectivity index (χ1) is 4.33. The Hall–Kier alpha value is -0.530. The molecule has 0 aromatic heterocycles. The number of rotatable bonds is 3. The van der Waals surface area contributed by atoms with E-state index in [4.69, 9.17) is 0 Å². The van der Waals surface area contributed by atoms with Crippen molar-refractivity contribution in [3.63, 3.8) is 0 Å². The highest BCUT2D eigenvalue weighted by atomic mass is 16.2. The number of hydrogen-bond acceptors (Lipinski definition) is 1. The summed E-state index contributed by atoms with van der Waals surface area (Å²) in [7, 11) is 0. The van der Waals surface area contributed by atoms with Crippen molar-refractivity contribution < 1.29 is 4.79 Å². The van der Waals surface area contributed by atoms with Crippen molar-refractivity contribution in [1.29, 1.82) is 0 Å². The van der Waals surface area contributed by atoms with Gasteiger partial charge in [-0.25, -0.2) is 0 Å². The SMILES string of the molecule is CCCC[C@H]1CC(=O)N1. The first kappa shape index (κ1) is 6.59. The van der Waals surface area contributed by atoms with Crippen LogP contribution in [-0.2, 0) is 4.79 Å². The van der Waals surface area contributed by atoms with Crippen LogP contribution in [0.1, 0.15) is 32.6 Å². The highest BCUT2D eigenvalue weighted by Gasteiger charge is 2.23. The van der Waals surface area contributed by atoms with Gasteiger partial charge in [-0.15, -0.1) is 0 Å². The quantitative estimate of drug-likeness (QED) is 0.564. The fourth-order valence-corrected chi connectivity index (χ4v) is 1.06. The van der Waals surface area contributed by atoms with E-state index in [-0.39, 0.29) is 5.91 Å². The number of hydrogen-bond donors (Lipinski definition) is 1. The maximum absolute atomic E-state index is 10.4. The smallest absolute Gasteiger partial charge is 0.222 e. The van der Waals surface area contributed by atoms with E-state index in [1.54, 1.807) is 0 Å². The lowest BCUT2D eigenvalue weighted by atomic mass is 10.0. The Balaban J connectivity index is 1.97. The zero-order valence-electron chi connectivity index (χ0n) is 5.81. The molecule has 0 bridgehead atoms. The maximum atomic E-state index is 10.4. The third-order valence-corrected chi connectivity index (χ3v) is 1.70.